The predicted octanol–water partition coefficient (Wildman–Crippen LogP) is 14.0. The van der Waals surface area contributed by atoms with Crippen molar-refractivity contribution in [1.29, 1.82) is 5.26 Å². The van der Waals surface area contributed by atoms with Crippen LogP contribution in [-0.2, 0) is 31.2 Å². The van der Waals surface area contributed by atoms with E-state index in [-0.39, 0.29) is 26.7 Å². The minimum absolute atomic E-state index is 0.0390. The molecule has 3 heterocycles. The van der Waals surface area contributed by atoms with Crippen molar-refractivity contribution < 1.29 is 17.9 Å². The number of hydrogen-bond acceptors (Lipinski definition) is 6. The molecule has 3 aliphatic rings. The van der Waals surface area contributed by atoms with Crippen molar-refractivity contribution in [2.45, 2.75) is 54.1 Å². The number of rotatable bonds is 5. The van der Waals surface area contributed by atoms with Crippen LogP contribution in [0, 0.1) is 17.9 Å². The summed E-state index contributed by atoms with van der Waals surface area (Å²) in [5, 5.41) is 11.6. The number of sulfone groups is 1. The SMILES string of the molecule is [C-]#[N+]c1c(N2c3ccc(-c4ccccc4)cc3C3(c4ccccc4Oc4ccccc43)c3cc(-c4ccccc4)ccc32)c(C#N)c2c(c1S(=O)(=O)c1ccccc1)C(C)(C)OC2(C)C. The van der Waals surface area contributed by atoms with E-state index in [1.807, 2.05) is 118 Å². The smallest absolute Gasteiger partial charge is 0.230 e. The summed E-state index contributed by atoms with van der Waals surface area (Å²) in [5.41, 5.74) is 6.45. The van der Waals surface area contributed by atoms with Gasteiger partial charge in [-0.05, 0) is 115 Å². The number of hydrogen-bond donors (Lipinski definition) is 0. The van der Waals surface area contributed by atoms with Gasteiger partial charge in [-0.2, -0.15) is 5.26 Å². The third-order valence-electron chi connectivity index (χ3n) is 13.2. The van der Waals surface area contributed by atoms with Gasteiger partial charge in [0.05, 0.1) is 44.2 Å². The maximum Gasteiger partial charge on any atom is 0.230 e. The molecule has 8 aromatic carbocycles. The van der Waals surface area contributed by atoms with Crippen LogP contribution in [0.4, 0.5) is 22.7 Å². The van der Waals surface area contributed by atoms with Crippen molar-refractivity contribution >= 4 is 32.6 Å². The van der Waals surface area contributed by atoms with Gasteiger partial charge in [0.2, 0.25) is 5.69 Å². The molecule has 8 aromatic rings. The molecule has 0 saturated heterocycles. The molecule has 65 heavy (non-hydrogen) atoms. The second-order valence-corrected chi connectivity index (χ2v) is 19.6. The van der Waals surface area contributed by atoms with Crippen LogP contribution in [0.25, 0.3) is 27.1 Å². The molecule has 3 aliphatic heterocycles. The van der Waals surface area contributed by atoms with Gasteiger partial charge < -0.3 is 14.4 Å². The third-order valence-corrected chi connectivity index (χ3v) is 15.0. The van der Waals surface area contributed by atoms with Crippen LogP contribution in [0.3, 0.4) is 0 Å². The summed E-state index contributed by atoms with van der Waals surface area (Å²) in [7, 11) is -4.41. The molecular weight excluding hydrogens is 823 g/mol. The standard InChI is InChI=1S/C57H41N3O4S/c1-55(2)50-41(35-58)53(52(59-5)54(51(50)56(3,4)64-55)65(61,62)40-23-13-8-14-24-40)60-46-31-29-38(36-19-9-6-10-20-36)33-44(46)57(45-34-39(30-32-47(45)60)37-21-11-7-12-22-37)42-25-15-17-27-48(42)63-49-28-18-16-26-43(49)57/h6-34H,1-4H3. The van der Waals surface area contributed by atoms with Gasteiger partial charge in [0, 0.05) is 28.1 Å². The van der Waals surface area contributed by atoms with Gasteiger partial charge in [-0.3, -0.25) is 0 Å². The van der Waals surface area contributed by atoms with E-state index in [0.29, 0.717) is 34.0 Å². The Kier molecular flexibility index (Phi) is 8.86. The predicted molar refractivity (Wildman–Crippen MR) is 254 cm³/mol. The average Bonchev–Trinajstić information content (AvgIpc) is 3.53. The second-order valence-electron chi connectivity index (χ2n) is 17.7. The summed E-state index contributed by atoms with van der Waals surface area (Å²) in [6.07, 6.45) is 0. The minimum atomic E-state index is -4.41. The number of benzene rings is 8. The number of nitrogens with zero attached hydrogens (tertiary/aromatic N) is 3. The molecule has 0 amide bonds. The number of ether oxygens (including phenoxy) is 2. The van der Waals surface area contributed by atoms with E-state index in [9.17, 15) is 5.26 Å². The number of fused-ring (bicyclic) bond motifs is 9. The molecular formula is C57H41N3O4S. The Morgan fingerprint density at radius 2 is 1.03 bits per heavy atom. The molecule has 8 heteroatoms. The lowest BCUT2D eigenvalue weighted by Gasteiger charge is -2.49. The molecule has 0 fully saturated rings. The third kappa shape index (κ3) is 5.71. The Hall–Kier alpha value is -7.75. The fraction of sp³-hybridized carbons (Fsp3) is 0.123. The van der Waals surface area contributed by atoms with Gasteiger partial charge in [-0.25, -0.2) is 13.3 Å². The van der Waals surface area contributed by atoms with Gasteiger partial charge in [-0.1, -0.05) is 127 Å². The van der Waals surface area contributed by atoms with Crippen LogP contribution >= 0.6 is 0 Å². The number of para-hydroxylation sites is 2. The average molecular weight is 864 g/mol. The molecule has 1 spiro atoms. The first-order chi connectivity index (χ1) is 31.4. The van der Waals surface area contributed by atoms with Crippen LogP contribution in [0.5, 0.6) is 11.5 Å². The molecule has 0 atom stereocenters. The van der Waals surface area contributed by atoms with Crippen LogP contribution < -0.4 is 9.64 Å². The Bertz CT molecular complexity index is 3340. The Labute approximate surface area is 379 Å². The van der Waals surface area contributed by atoms with Gasteiger partial charge in [0.25, 0.3) is 0 Å². The first-order valence-electron chi connectivity index (χ1n) is 21.5. The molecule has 314 valence electrons. The summed E-state index contributed by atoms with van der Waals surface area (Å²) >= 11 is 0. The summed E-state index contributed by atoms with van der Waals surface area (Å²) in [4.78, 5) is 6.04. The Morgan fingerprint density at radius 1 is 0.569 bits per heavy atom. The zero-order valence-corrected chi connectivity index (χ0v) is 36.9. The quantitative estimate of drug-likeness (QED) is 0.160. The zero-order chi connectivity index (χ0) is 44.9. The minimum Gasteiger partial charge on any atom is -0.457 e. The summed E-state index contributed by atoms with van der Waals surface area (Å²) in [5.74, 6) is 1.39. The second kappa shape index (κ2) is 14.4. The van der Waals surface area contributed by atoms with E-state index in [1.54, 1.807) is 30.3 Å². The van der Waals surface area contributed by atoms with Crippen LogP contribution in [-0.4, -0.2) is 8.42 Å². The van der Waals surface area contributed by atoms with Crippen LogP contribution in [0.1, 0.15) is 66.6 Å². The molecule has 0 N–H and O–H groups in total. The zero-order valence-electron chi connectivity index (χ0n) is 36.1. The maximum absolute atomic E-state index is 15.4. The van der Waals surface area contributed by atoms with E-state index < -0.39 is 26.5 Å². The van der Waals surface area contributed by atoms with E-state index in [4.69, 9.17) is 16.0 Å². The Balaban J connectivity index is 1.36. The highest BCUT2D eigenvalue weighted by atomic mass is 32.2. The monoisotopic (exact) mass is 863 g/mol. The first-order valence-corrected chi connectivity index (χ1v) is 23.0. The summed E-state index contributed by atoms with van der Waals surface area (Å²) < 4.78 is 44.3. The largest absolute Gasteiger partial charge is 0.457 e. The lowest BCUT2D eigenvalue weighted by Crippen LogP contribution is -2.40. The Morgan fingerprint density at radius 3 is 1.52 bits per heavy atom. The van der Waals surface area contributed by atoms with Crippen molar-refractivity contribution in [3.8, 4) is 39.8 Å². The van der Waals surface area contributed by atoms with Crippen molar-refractivity contribution in [1.82, 2.24) is 0 Å². The molecule has 0 bridgehead atoms. The first kappa shape index (κ1) is 40.1. The molecule has 7 nitrogen and oxygen atoms in total. The van der Waals surface area contributed by atoms with Crippen molar-refractivity contribution in [3.05, 3.63) is 226 Å². The normalized spacial score (nSPS) is 15.6. The molecule has 0 aromatic heterocycles. The fourth-order valence-electron chi connectivity index (χ4n) is 10.8. The fourth-order valence-corrected chi connectivity index (χ4v) is 12.6. The van der Waals surface area contributed by atoms with Crippen LogP contribution in [0.15, 0.2) is 186 Å². The molecule has 0 saturated carbocycles. The molecule has 11 rings (SSSR count). The summed E-state index contributed by atoms with van der Waals surface area (Å²) in [6.45, 7) is 16.4. The van der Waals surface area contributed by atoms with Gasteiger partial charge in [0.15, 0.2) is 9.84 Å². The topological polar surface area (TPSA) is 84.0 Å². The maximum atomic E-state index is 15.4. The van der Waals surface area contributed by atoms with Crippen LogP contribution in [0.2, 0.25) is 0 Å². The summed E-state index contributed by atoms with van der Waals surface area (Å²) in [6, 6.07) is 60.0. The van der Waals surface area contributed by atoms with E-state index in [0.717, 1.165) is 44.5 Å². The highest BCUT2D eigenvalue weighted by Crippen LogP contribution is 2.66. The lowest BCUT2D eigenvalue weighted by atomic mass is 9.60. The van der Waals surface area contributed by atoms with Gasteiger partial charge in [-0.15, -0.1) is 0 Å². The van der Waals surface area contributed by atoms with Crippen molar-refractivity contribution in [2.75, 3.05) is 4.90 Å². The lowest BCUT2D eigenvalue weighted by molar-refractivity contribution is -0.105. The van der Waals surface area contributed by atoms with Gasteiger partial charge in [0.1, 0.15) is 17.6 Å². The van der Waals surface area contributed by atoms with Crippen molar-refractivity contribution in [2.24, 2.45) is 0 Å². The van der Waals surface area contributed by atoms with E-state index in [1.165, 1.54) is 0 Å². The molecule has 0 aliphatic carbocycles. The number of nitriles is 1. The molecule has 0 radical (unpaired) electrons. The highest BCUT2D eigenvalue weighted by molar-refractivity contribution is 7.91. The van der Waals surface area contributed by atoms with Gasteiger partial charge >= 0.3 is 0 Å². The molecule has 0 unspecified atom stereocenters. The van der Waals surface area contributed by atoms with E-state index >= 15 is 8.42 Å². The number of anilines is 3. The highest BCUT2D eigenvalue weighted by Gasteiger charge is 2.55. The van der Waals surface area contributed by atoms with E-state index in [2.05, 4.69) is 71.6 Å². The van der Waals surface area contributed by atoms with Crippen molar-refractivity contribution in [3.63, 3.8) is 0 Å².